The third-order valence-electron chi connectivity index (χ3n) is 12.7. The van der Waals surface area contributed by atoms with Gasteiger partial charge >= 0.3 is 5.97 Å². The smallest absolute Gasteiger partial charge is 0.305 e. The van der Waals surface area contributed by atoms with Crippen LogP contribution in [0, 0.1) is 0 Å². The predicted molar refractivity (Wildman–Crippen MR) is 301 cm³/mol. The highest BCUT2D eigenvalue weighted by atomic mass is 32.1. The highest BCUT2D eigenvalue weighted by molar-refractivity contribution is 7.19. The number of esters is 1. The number of hydrogen-bond acceptors (Lipinski definition) is 8. The summed E-state index contributed by atoms with van der Waals surface area (Å²) in [5, 5.41) is 0. The van der Waals surface area contributed by atoms with Crippen molar-refractivity contribution in [3.05, 3.63) is 248 Å². The molecule has 0 atom stereocenters. The fraction of sp³-hybridized carbons (Fsp3) is 0.0781. The minimum atomic E-state index is -0.213. The summed E-state index contributed by atoms with van der Waals surface area (Å²) in [7, 11) is 2.93. The quantitative estimate of drug-likeness (QED) is 0.0485. The van der Waals surface area contributed by atoms with Gasteiger partial charge in [0.05, 0.1) is 14.2 Å². The highest BCUT2D eigenvalue weighted by Gasteiger charge is 2.17. The molecule has 0 radical (unpaired) electrons. The van der Waals surface area contributed by atoms with Crippen LogP contribution in [-0.4, -0.2) is 26.8 Å². The first-order valence-corrected chi connectivity index (χ1v) is 25.5. The molecule has 10 rings (SSSR count). The van der Waals surface area contributed by atoms with Crippen LogP contribution in [0.4, 0.5) is 34.1 Å². The summed E-state index contributed by atoms with van der Waals surface area (Å²) >= 11 is 3.60. The summed E-state index contributed by atoms with van der Waals surface area (Å²) in [4.78, 5) is 31.4. The molecule has 2 aromatic heterocycles. The molecule has 10 aromatic rings. The van der Waals surface area contributed by atoms with Crippen LogP contribution in [-0.2, 0) is 25.7 Å². The predicted octanol–water partition coefficient (Wildman–Crippen LogP) is 17.8. The lowest BCUT2D eigenvalue weighted by Crippen LogP contribution is -2.10. The zero-order valence-electron chi connectivity index (χ0n) is 40.1. The van der Waals surface area contributed by atoms with Crippen molar-refractivity contribution < 1.29 is 19.3 Å². The van der Waals surface area contributed by atoms with Gasteiger partial charge in [-0.15, -0.1) is 22.7 Å². The van der Waals surface area contributed by atoms with E-state index in [0.29, 0.717) is 12.8 Å². The van der Waals surface area contributed by atoms with E-state index in [-0.39, 0.29) is 12.6 Å². The third kappa shape index (κ3) is 10.9. The van der Waals surface area contributed by atoms with Crippen molar-refractivity contribution in [2.24, 2.45) is 0 Å². The van der Waals surface area contributed by atoms with Crippen molar-refractivity contribution >= 4 is 68.3 Å². The molecule has 0 aliphatic carbocycles. The average molecular weight is 977 g/mol. The first-order chi connectivity index (χ1) is 35.4. The van der Waals surface area contributed by atoms with Gasteiger partial charge in [0.25, 0.3) is 0 Å². The van der Waals surface area contributed by atoms with Gasteiger partial charge in [-0.3, -0.25) is 4.79 Å². The molecule has 6 nitrogen and oxygen atoms in total. The van der Waals surface area contributed by atoms with Gasteiger partial charge in [0.15, 0.2) is 0 Å². The van der Waals surface area contributed by atoms with Crippen LogP contribution in [0.25, 0.3) is 58.5 Å². The molecule has 0 saturated carbocycles. The van der Waals surface area contributed by atoms with E-state index in [9.17, 15) is 4.79 Å². The lowest BCUT2D eigenvalue weighted by Gasteiger charge is -2.27. The molecule has 72 heavy (non-hydrogen) atoms. The number of benzene rings is 8. The molecule has 0 amide bonds. The topological polar surface area (TPSA) is 51.2 Å². The Morgan fingerprint density at radius 2 is 0.750 bits per heavy atom. The maximum atomic E-state index is 11.9. The Bertz CT molecular complexity index is 3370. The Morgan fingerprint density at radius 1 is 0.417 bits per heavy atom. The molecule has 8 heteroatoms. The third-order valence-corrected chi connectivity index (χ3v) is 15.0. The summed E-state index contributed by atoms with van der Waals surface area (Å²) in [6.07, 6.45) is 0.954. The van der Waals surface area contributed by atoms with E-state index in [1.54, 1.807) is 22.7 Å². The van der Waals surface area contributed by atoms with Gasteiger partial charge in [-0.2, -0.15) is 0 Å². The fourth-order valence-electron chi connectivity index (χ4n) is 8.77. The number of carbonyl (C=O) groups excluding carboxylic acids is 1. The van der Waals surface area contributed by atoms with Crippen LogP contribution in [0.5, 0.6) is 0 Å². The number of aryl methyl sites for hydroxylation is 1. The number of methoxy groups -OCH3 is 1. The Balaban J connectivity index is 0.929. The summed E-state index contributed by atoms with van der Waals surface area (Å²) in [5.74, 6) is -0.213. The molecule has 0 aliphatic rings. The van der Waals surface area contributed by atoms with Crippen LogP contribution < -0.4 is 9.80 Å². The molecule has 0 unspecified atom stereocenters. The Hall–Kier alpha value is -8.11. The maximum absolute atomic E-state index is 11.9. The molecule has 0 bridgehead atoms. The van der Waals surface area contributed by atoms with E-state index >= 15 is 0 Å². The van der Waals surface area contributed by atoms with Crippen molar-refractivity contribution in [3.63, 3.8) is 0 Å². The highest BCUT2D eigenvalue weighted by Crippen LogP contribution is 2.42. The number of nitrogens with zero attached hydrogens (tertiary/aromatic N) is 2. The first-order valence-electron chi connectivity index (χ1n) is 23.8. The molecule has 0 N–H and O–H groups in total. The molecule has 0 spiro atoms. The number of rotatable bonds is 18. The standard InChI is InChI=1S/C64H52N2O4S2/c1-45(44-70-69-3)47-17-29-55(30-18-47)66(59-37-25-53(26-38-59)63-42-40-61(72-63)51-12-8-5-9-13-51)57-33-21-49(22-34-57)48-19-31-56(32-20-48)65(54-27-14-46(15-28-54)16-43-64(67)68-2)58-35-23-52(24-36-58)62-41-39-60(71-62)50-10-6-4-7-11-50/h4-15,17-42H,1,16,43-44H2,2-3H3. The SMILES string of the molecule is C=C(COOC)c1ccc(N(c2ccc(-c3ccc(N(c4ccc(CCC(=O)OC)cc4)c4ccc(-c5ccc(-c6ccccc6)s5)cc4)cc3)cc2)c2ccc(-c3ccc(-c4ccccc4)s3)cc2)cc1. The van der Waals surface area contributed by atoms with Gasteiger partial charge in [0, 0.05) is 60.1 Å². The molecule has 0 fully saturated rings. The summed E-state index contributed by atoms with van der Waals surface area (Å²) in [5.41, 5.74) is 16.1. The van der Waals surface area contributed by atoms with E-state index in [0.717, 1.165) is 62.0 Å². The first kappa shape index (κ1) is 47.6. The number of carbonyl (C=O) groups is 1. The Morgan fingerprint density at radius 3 is 1.11 bits per heavy atom. The minimum Gasteiger partial charge on any atom is -0.469 e. The van der Waals surface area contributed by atoms with Crippen molar-refractivity contribution in [1.29, 1.82) is 0 Å². The van der Waals surface area contributed by atoms with Gasteiger partial charge in [-0.25, -0.2) is 9.78 Å². The molecule has 8 aromatic carbocycles. The van der Waals surface area contributed by atoms with Crippen molar-refractivity contribution in [2.45, 2.75) is 12.8 Å². The van der Waals surface area contributed by atoms with Crippen LogP contribution >= 0.6 is 22.7 Å². The van der Waals surface area contributed by atoms with Crippen LogP contribution in [0.3, 0.4) is 0 Å². The van der Waals surface area contributed by atoms with E-state index in [2.05, 4.69) is 247 Å². The van der Waals surface area contributed by atoms with Gasteiger partial charge < -0.3 is 14.5 Å². The maximum Gasteiger partial charge on any atom is 0.305 e. The van der Waals surface area contributed by atoms with Gasteiger partial charge in [-0.05, 0) is 154 Å². The van der Waals surface area contributed by atoms with Crippen LogP contribution in [0.2, 0.25) is 0 Å². The van der Waals surface area contributed by atoms with Crippen LogP contribution in [0.1, 0.15) is 17.5 Å². The largest absolute Gasteiger partial charge is 0.469 e. The lowest BCUT2D eigenvalue weighted by atomic mass is 10.0. The number of thiophene rings is 2. The average Bonchev–Trinajstić information content (AvgIpc) is 4.16. The molecule has 0 saturated heterocycles. The van der Waals surface area contributed by atoms with Crippen LogP contribution in [0.15, 0.2) is 237 Å². The molecule has 0 aliphatic heterocycles. The fourth-order valence-corrected chi connectivity index (χ4v) is 10.8. The second kappa shape index (κ2) is 22.3. The number of anilines is 6. The van der Waals surface area contributed by atoms with Gasteiger partial charge in [0.2, 0.25) is 0 Å². The summed E-state index contributed by atoms with van der Waals surface area (Å²) in [6, 6.07) is 81.8. The van der Waals surface area contributed by atoms with Gasteiger partial charge in [-0.1, -0.05) is 140 Å². The second-order valence-corrected chi connectivity index (χ2v) is 19.4. The zero-order valence-corrected chi connectivity index (χ0v) is 41.7. The number of hydrogen-bond donors (Lipinski definition) is 0. The van der Waals surface area contributed by atoms with E-state index in [1.165, 1.54) is 56.0 Å². The Labute approximate surface area is 429 Å². The zero-order chi connectivity index (χ0) is 49.2. The van der Waals surface area contributed by atoms with E-state index in [1.807, 2.05) is 0 Å². The van der Waals surface area contributed by atoms with E-state index < -0.39 is 0 Å². The van der Waals surface area contributed by atoms with Crippen molar-refractivity contribution in [2.75, 3.05) is 30.6 Å². The second-order valence-electron chi connectivity index (χ2n) is 17.2. The molecular weight excluding hydrogens is 925 g/mol. The monoisotopic (exact) mass is 976 g/mol. The number of ether oxygens (including phenoxy) is 1. The van der Waals surface area contributed by atoms with Crippen molar-refractivity contribution in [3.8, 4) is 52.9 Å². The Kier molecular flexibility index (Phi) is 14.7. The summed E-state index contributed by atoms with van der Waals surface area (Å²) < 4.78 is 4.90. The van der Waals surface area contributed by atoms with Gasteiger partial charge in [0.1, 0.15) is 6.61 Å². The molecule has 2 heterocycles. The summed E-state index contributed by atoms with van der Waals surface area (Å²) in [6.45, 7) is 4.48. The normalized spacial score (nSPS) is 11.0. The van der Waals surface area contributed by atoms with Crippen molar-refractivity contribution in [1.82, 2.24) is 0 Å². The molecule has 354 valence electrons. The minimum absolute atomic E-state index is 0.213. The lowest BCUT2D eigenvalue weighted by molar-refractivity contribution is -0.261. The van der Waals surface area contributed by atoms with E-state index in [4.69, 9.17) is 14.5 Å². The molecular formula is C64H52N2O4S2.